The molecule has 2 aromatic rings. The third-order valence-electron chi connectivity index (χ3n) is 6.76. The lowest BCUT2D eigenvalue weighted by Gasteiger charge is -2.42. The van der Waals surface area contributed by atoms with Crippen LogP contribution in [0.4, 0.5) is 6.01 Å². The van der Waals surface area contributed by atoms with Gasteiger partial charge in [-0.3, -0.25) is 9.69 Å². The van der Waals surface area contributed by atoms with Crippen molar-refractivity contribution in [3.8, 4) is 0 Å². The highest BCUT2D eigenvalue weighted by molar-refractivity contribution is 5.79. The minimum Gasteiger partial charge on any atom is -0.423 e. The van der Waals surface area contributed by atoms with Crippen molar-refractivity contribution in [2.45, 2.75) is 31.7 Å². The predicted molar refractivity (Wildman–Crippen MR) is 113 cm³/mol. The standard InChI is InChI=1S/C22H31N5O2/c28-21(25-14-9-23-10-15-25)17-4-3-11-27(16-17)18-7-12-26(13-8-18)22-24-19-5-1-2-6-20(19)29-22/h1-2,5-6,17-18,23H,3-4,7-16H2/t17-/m0/s1. The van der Waals surface area contributed by atoms with E-state index in [1.165, 1.54) is 0 Å². The molecule has 7 nitrogen and oxygen atoms in total. The molecule has 0 radical (unpaired) electrons. The van der Waals surface area contributed by atoms with Crippen LogP contribution in [0.3, 0.4) is 0 Å². The molecule has 156 valence electrons. The fourth-order valence-corrected chi connectivity index (χ4v) is 5.10. The number of anilines is 1. The number of oxazole rings is 1. The van der Waals surface area contributed by atoms with Crippen molar-refractivity contribution in [1.82, 2.24) is 20.1 Å². The van der Waals surface area contributed by atoms with E-state index in [-0.39, 0.29) is 5.92 Å². The molecule has 29 heavy (non-hydrogen) atoms. The van der Waals surface area contributed by atoms with E-state index in [9.17, 15) is 4.79 Å². The van der Waals surface area contributed by atoms with Crippen LogP contribution < -0.4 is 10.2 Å². The molecule has 1 aromatic carbocycles. The van der Waals surface area contributed by atoms with Gasteiger partial charge in [-0.25, -0.2) is 0 Å². The molecule has 1 N–H and O–H groups in total. The molecular weight excluding hydrogens is 366 g/mol. The summed E-state index contributed by atoms with van der Waals surface area (Å²) in [7, 11) is 0. The molecule has 1 aromatic heterocycles. The average molecular weight is 398 g/mol. The van der Waals surface area contributed by atoms with Gasteiger partial charge >= 0.3 is 0 Å². The van der Waals surface area contributed by atoms with Crippen molar-refractivity contribution in [3.63, 3.8) is 0 Å². The molecule has 4 heterocycles. The summed E-state index contributed by atoms with van der Waals surface area (Å²) in [5.74, 6) is 0.553. The summed E-state index contributed by atoms with van der Waals surface area (Å²) < 4.78 is 5.95. The summed E-state index contributed by atoms with van der Waals surface area (Å²) in [4.78, 5) is 24.5. The Morgan fingerprint density at radius 2 is 1.83 bits per heavy atom. The first kappa shape index (κ1) is 18.9. The summed E-state index contributed by atoms with van der Waals surface area (Å²) in [6.45, 7) is 7.55. The molecule has 0 saturated carbocycles. The molecule has 0 unspecified atom stereocenters. The Morgan fingerprint density at radius 1 is 1.03 bits per heavy atom. The fourth-order valence-electron chi connectivity index (χ4n) is 5.10. The summed E-state index contributed by atoms with van der Waals surface area (Å²) in [5.41, 5.74) is 1.78. The summed E-state index contributed by atoms with van der Waals surface area (Å²) in [5, 5.41) is 3.34. The number of carbonyl (C=O) groups excluding carboxylic acids is 1. The fraction of sp³-hybridized carbons (Fsp3) is 0.636. The van der Waals surface area contributed by atoms with Crippen LogP contribution in [0.2, 0.25) is 0 Å². The Bertz CT molecular complexity index is 806. The zero-order chi connectivity index (χ0) is 19.6. The molecule has 3 fully saturated rings. The third kappa shape index (κ3) is 3.98. The normalized spacial score (nSPS) is 24.9. The second-order valence-electron chi connectivity index (χ2n) is 8.59. The van der Waals surface area contributed by atoms with E-state index in [0.717, 1.165) is 95.2 Å². The molecule has 7 heteroatoms. The number of hydrogen-bond acceptors (Lipinski definition) is 6. The van der Waals surface area contributed by atoms with Crippen LogP contribution in [0.1, 0.15) is 25.7 Å². The molecule has 0 bridgehead atoms. The van der Waals surface area contributed by atoms with Gasteiger partial charge in [0.15, 0.2) is 5.58 Å². The number of amides is 1. The van der Waals surface area contributed by atoms with Crippen molar-refractivity contribution < 1.29 is 9.21 Å². The topological polar surface area (TPSA) is 64.9 Å². The van der Waals surface area contributed by atoms with Gasteiger partial charge in [-0.15, -0.1) is 0 Å². The maximum atomic E-state index is 12.9. The van der Waals surface area contributed by atoms with Gasteiger partial charge in [-0.2, -0.15) is 4.98 Å². The smallest absolute Gasteiger partial charge is 0.298 e. The van der Waals surface area contributed by atoms with Gasteiger partial charge < -0.3 is 19.5 Å². The number of fused-ring (bicyclic) bond motifs is 1. The second kappa shape index (κ2) is 8.32. The van der Waals surface area contributed by atoms with Gasteiger partial charge in [0.1, 0.15) is 5.52 Å². The third-order valence-corrected chi connectivity index (χ3v) is 6.76. The van der Waals surface area contributed by atoms with E-state index in [4.69, 9.17) is 4.42 Å². The molecule has 3 saturated heterocycles. The summed E-state index contributed by atoms with van der Waals surface area (Å²) in [6, 6.07) is 9.26. The quantitative estimate of drug-likeness (QED) is 0.854. The van der Waals surface area contributed by atoms with E-state index in [0.29, 0.717) is 11.9 Å². The number of benzene rings is 1. The first-order valence-corrected chi connectivity index (χ1v) is 11.1. The van der Waals surface area contributed by atoms with Crippen molar-refractivity contribution in [2.24, 2.45) is 5.92 Å². The van der Waals surface area contributed by atoms with Crippen LogP contribution >= 0.6 is 0 Å². The molecular formula is C22H31N5O2. The van der Waals surface area contributed by atoms with Gasteiger partial charge in [-0.1, -0.05) is 12.1 Å². The van der Waals surface area contributed by atoms with Gasteiger partial charge in [0.05, 0.1) is 5.92 Å². The van der Waals surface area contributed by atoms with E-state index < -0.39 is 0 Å². The molecule has 0 aliphatic carbocycles. The Labute approximate surface area is 172 Å². The molecule has 0 spiro atoms. The zero-order valence-electron chi connectivity index (χ0n) is 17.1. The van der Waals surface area contributed by atoms with Crippen LogP contribution in [0.25, 0.3) is 11.1 Å². The number of hydrogen-bond donors (Lipinski definition) is 1. The van der Waals surface area contributed by atoms with Gasteiger partial charge in [0.25, 0.3) is 6.01 Å². The lowest BCUT2D eigenvalue weighted by atomic mass is 9.92. The average Bonchev–Trinajstić information content (AvgIpc) is 3.24. The van der Waals surface area contributed by atoms with Gasteiger partial charge in [0.2, 0.25) is 5.91 Å². The number of para-hydroxylation sites is 2. The van der Waals surface area contributed by atoms with Crippen LogP contribution in [0.15, 0.2) is 28.7 Å². The Balaban J connectivity index is 1.17. The highest BCUT2D eigenvalue weighted by atomic mass is 16.4. The number of piperazine rings is 1. The number of aromatic nitrogens is 1. The van der Waals surface area contributed by atoms with Crippen molar-refractivity contribution in [3.05, 3.63) is 24.3 Å². The SMILES string of the molecule is O=C([C@H]1CCCN(C2CCN(c3nc4ccccc4o3)CC2)C1)N1CCNCC1. The van der Waals surface area contributed by atoms with Crippen LogP contribution in [-0.2, 0) is 4.79 Å². The lowest BCUT2D eigenvalue weighted by Crippen LogP contribution is -2.53. The van der Waals surface area contributed by atoms with Crippen LogP contribution in [0, 0.1) is 5.92 Å². The lowest BCUT2D eigenvalue weighted by molar-refractivity contribution is -0.138. The van der Waals surface area contributed by atoms with Crippen molar-refractivity contribution >= 4 is 23.0 Å². The minimum atomic E-state index is 0.178. The van der Waals surface area contributed by atoms with Gasteiger partial charge in [-0.05, 0) is 44.4 Å². The first-order valence-electron chi connectivity index (χ1n) is 11.1. The van der Waals surface area contributed by atoms with Gasteiger partial charge in [0, 0.05) is 51.9 Å². The van der Waals surface area contributed by atoms with E-state index in [2.05, 4.69) is 25.0 Å². The van der Waals surface area contributed by atoms with Crippen molar-refractivity contribution in [1.29, 1.82) is 0 Å². The number of nitrogens with one attached hydrogen (secondary N) is 1. The Kier molecular flexibility index (Phi) is 5.42. The number of rotatable bonds is 3. The number of piperidine rings is 2. The molecule has 3 aliphatic heterocycles. The minimum absolute atomic E-state index is 0.178. The summed E-state index contributed by atoms with van der Waals surface area (Å²) in [6.07, 6.45) is 4.38. The molecule has 5 rings (SSSR count). The molecule has 3 aliphatic rings. The first-order chi connectivity index (χ1) is 14.3. The molecule has 1 atom stereocenters. The van der Waals surface area contributed by atoms with E-state index >= 15 is 0 Å². The largest absolute Gasteiger partial charge is 0.423 e. The van der Waals surface area contributed by atoms with Crippen LogP contribution in [-0.4, -0.2) is 79.1 Å². The predicted octanol–water partition coefficient (Wildman–Crippen LogP) is 1.94. The summed E-state index contributed by atoms with van der Waals surface area (Å²) >= 11 is 0. The maximum Gasteiger partial charge on any atom is 0.298 e. The number of nitrogens with zero attached hydrogens (tertiary/aromatic N) is 4. The second-order valence-corrected chi connectivity index (χ2v) is 8.59. The zero-order valence-corrected chi connectivity index (χ0v) is 17.1. The van der Waals surface area contributed by atoms with Crippen LogP contribution in [0.5, 0.6) is 0 Å². The Morgan fingerprint density at radius 3 is 2.62 bits per heavy atom. The van der Waals surface area contributed by atoms with E-state index in [1.54, 1.807) is 0 Å². The monoisotopic (exact) mass is 397 g/mol. The maximum absolute atomic E-state index is 12.9. The highest BCUT2D eigenvalue weighted by Crippen LogP contribution is 2.28. The van der Waals surface area contributed by atoms with Crippen molar-refractivity contribution in [2.75, 3.05) is 57.3 Å². The Hall–Kier alpha value is -2.12. The highest BCUT2D eigenvalue weighted by Gasteiger charge is 2.34. The molecule has 1 amide bonds. The number of carbonyl (C=O) groups is 1. The number of likely N-dealkylation sites (tertiary alicyclic amines) is 1. The van der Waals surface area contributed by atoms with E-state index in [1.807, 2.05) is 24.3 Å².